The van der Waals surface area contributed by atoms with Gasteiger partial charge in [0, 0.05) is 5.75 Å². The molecule has 110 valence electrons. The summed E-state index contributed by atoms with van der Waals surface area (Å²) in [5.41, 5.74) is 4.72. The Morgan fingerprint density at radius 2 is 1.95 bits per heavy atom. The molecule has 1 amide bonds. The van der Waals surface area contributed by atoms with Gasteiger partial charge >= 0.3 is 5.97 Å². The molecule has 0 saturated carbocycles. The quantitative estimate of drug-likeness (QED) is 0.687. The van der Waals surface area contributed by atoms with Gasteiger partial charge in [0.15, 0.2) is 17.5 Å². The molecule has 4 N–H and O–H groups in total. The molecule has 0 saturated heterocycles. The van der Waals surface area contributed by atoms with Crippen molar-refractivity contribution >= 4 is 29.3 Å². The smallest absolute Gasteiger partial charge is 0.321 e. The van der Waals surface area contributed by atoms with Gasteiger partial charge in [-0.25, -0.2) is 13.2 Å². The van der Waals surface area contributed by atoms with Crippen molar-refractivity contribution in [3.63, 3.8) is 0 Å². The molecule has 0 bridgehead atoms. The third kappa shape index (κ3) is 4.42. The van der Waals surface area contributed by atoms with E-state index in [9.17, 15) is 22.8 Å². The summed E-state index contributed by atoms with van der Waals surface area (Å²) in [7, 11) is 0. The molecule has 1 aromatic rings. The maximum absolute atomic E-state index is 13.2. The summed E-state index contributed by atoms with van der Waals surface area (Å²) >= 11 is 0.922. The van der Waals surface area contributed by atoms with Gasteiger partial charge in [-0.3, -0.25) is 9.59 Å². The zero-order valence-electron chi connectivity index (χ0n) is 10.0. The van der Waals surface area contributed by atoms with Gasteiger partial charge in [0.05, 0.1) is 11.4 Å². The number of benzene rings is 1. The van der Waals surface area contributed by atoms with Crippen LogP contribution in [0.5, 0.6) is 0 Å². The number of carboxylic acids is 1. The minimum Gasteiger partial charge on any atom is -0.480 e. The molecule has 0 fully saturated rings. The third-order valence-electron chi connectivity index (χ3n) is 2.16. The summed E-state index contributed by atoms with van der Waals surface area (Å²) in [6.07, 6.45) is 0. The van der Waals surface area contributed by atoms with Crippen LogP contribution in [0.25, 0.3) is 0 Å². The average molecular weight is 308 g/mol. The van der Waals surface area contributed by atoms with E-state index in [-0.39, 0.29) is 11.5 Å². The van der Waals surface area contributed by atoms with E-state index >= 15 is 0 Å². The highest BCUT2D eigenvalue weighted by molar-refractivity contribution is 8.00. The molecule has 5 nitrogen and oxygen atoms in total. The van der Waals surface area contributed by atoms with E-state index in [2.05, 4.69) is 5.32 Å². The monoisotopic (exact) mass is 308 g/mol. The van der Waals surface area contributed by atoms with Crippen molar-refractivity contribution in [3.8, 4) is 0 Å². The van der Waals surface area contributed by atoms with Crippen LogP contribution in [-0.2, 0) is 9.59 Å². The summed E-state index contributed by atoms with van der Waals surface area (Å²) in [6, 6.07) is 0.452. The van der Waals surface area contributed by atoms with Gasteiger partial charge in [0.2, 0.25) is 5.91 Å². The topological polar surface area (TPSA) is 92.4 Å². The summed E-state index contributed by atoms with van der Waals surface area (Å²) in [5, 5.41) is 10.6. The molecule has 0 aliphatic heterocycles. The van der Waals surface area contributed by atoms with E-state index in [4.69, 9.17) is 10.8 Å². The number of anilines is 1. The first-order valence-electron chi connectivity index (χ1n) is 5.32. The lowest BCUT2D eigenvalue weighted by Crippen LogP contribution is -2.33. The van der Waals surface area contributed by atoms with Gasteiger partial charge in [0.25, 0.3) is 0 Å². The molecule has 0 heterocycles. The van der Waals surface area contributed by atoms with Gasteiger partial charge in [-0.2, -0.15) is 0 Å². The largest absolute Gasteiger partial charge is 0.480 e. The molecule has 0 radical (unpaired) electrons. The van der Waals surface area contributed by atoms with Gasteiger partial charge in [-0.1, -0.05) is 0 Å². The molecule has 0 aliphatic rings. The number of carbonyl (C=O) groups is 2. The minimum atomic E-state index is -1.68. The fourth-order valence-electron chi connectivity index (χ4n) is 1.16. The van der Waals surface area contributed by atoms with Crippen LogP contribution in [0.15, 0.2) is 12.1 Å². The lowest BCUT2D eigenvalue weighted by molar-refractivity contribution is -0.137. The maximum Gasteiger partial charge on any atom is 0.321 e. The van der Waals surface area contributed by atoms with Crippen LogP contribution >= 0.6 is 11.8 Å². The van der Waals surface area contributed by atoms with Crippen molar-refractivity contribution in [3.05, 3.63) is 29.6 Å². The zero-order chi connectivity index (χ0) is 15.3. The fourth-order valence-corrected chi connectivity index (χ4v) is 1.93. The number of carbonyl (C=O) groups excluding carboxylic acids is 1. The Morgan fingerprint density at radius 1 is 1.30 bits per heavy atom. The second-order valence-electron chi connectivity index (χ2n) is 3.73. The van der Waals surface area contributed by atoms with Gasteiger partial charge in [-0.05, 0) is 12.1 Å². The number of aliphatic carboxylic acids is 1. The van der Waals surface area contributed by atoms with Crippen molar-refractivity contribution in [1.82, 2.24) is 0 Å². The molecule has 9 heteroatoms. The SMILES string of the molecule is NC(CSCC(=O)Nc1ccc(F)c(F)c1F)C(=O)O. The summed E-state index contributed by atoms with van der Waals surface area (Å²) < 4.78 is 38.8. The minimum absolute atomic E-state index is 0.0109. The van der Waals surface area contributed by atoms with Crippen LogP contribution < -0.4 is 11.1 Å². The lowest BCUT2D eigenvalue weighted by atomic mass is 10.3. The lowest BCUT2D eigenvalue weighted by Gasteiger charge is -2.08. The number of thioether (sulfide) groups is 1. The van der Waals surface area contributed by atoms with E-state index in [1.807, 2.05) is 0 Å². The highest BCUT2D eigenvalue weighted by atomic mass is 32.2. The van der Waals surface area contributed by atoms with Gasteiger partial charge < -0.3 is 16.2 Å². The highest BCUT2D eigenvalue weighted by Crippen LogP contribution is 2.19. The predicted octanol–water partition coefficient (Wildman–Crippen LogP) is 1.19. The van der Waals surface area contributed by atoms with Crippen LogP contribution in [0.2, 0.25) is 0 Å². The van der Waals surface area contributed by atoms with E-state index in [0.717, 1.165) is 17.8 Å². The standard InChI is InChI=1S/C11H11F3N2O3S/c12-5-1-2-7(10(14)9(5)13)16-8(17)4-20-3-6(15)11(18)19/h1-2,6H,3-4,15H2,(H,16,17)(H,18,19). The molecule has 0 aromatic heterocycles. The zero-order valence-corrected chi connectivity index (χ0v) is 10.8. The second-order valence-corrected chi connectivity index (χ2v) is 4.76. The molecule has 20 heavy (non-hydrogen) atoms. The number of nitrogens with two attached hydrogens (primary N) is 1. The van der Waals surface area contributed by atoms with Crippen molar-refractivity contribution < 1.29 is 27.9 Å². The molecular formula is C11H11F3N2O3S. The van der Waals surface area contributed by atoms with Crippen LogP contribution in [0, 0.1) is 17.5 Å². The van der Waals surface area contributed by atoms with Gasteiger partial charge in [-0.15, -0.1) is 11.8 Å². The van der Waals surface area contributed by atoms with E-state index < -0.39 is 41.1 Å². The Hall–Kier alpha value is -1.74. The first kappa shape index (κ1) is 16.3. The van der Waals surface area contributed by atoms with Gasteiger partial charge in [0.1, 0.15) is 6.04 Å². The number of nitrogens with one attached hydrogen (secondary N) is 1. The third-order valence-corrected chi connectivity index (χ3v) is 3.22. The average Bonchev–Trinajstić information content (AvgIpc) is 2.39. The number of carboxylic acid groups (broad SMARTS) is 1. The molecule has 1 rings (SSSR count). The van der Waals surface area contributed by atoms with Crippen LogP contribution in [0.3, 0.4) is 0 Å². The van der Waals surface area contributed by atoms with Crippen molar-refractivity contribution in [2.75, 3.05) is 16.8 Å². The number of amides is 1. The van der Waals surface area contributed by atoms with Crippen LogP contribution in [0.4, 0.5) is 18.9 Å². The predicted molar refractivity (Wildman–Crippen MR) is 67.9 cm³/mol. The van der Waals surface area contributed by atoms with E-state index in [0.29, 0.717) is 6.07 Å². The molecule has 0 aliphatic carbocycles. The summed E-state index contributed by atoms with van der Waals surface area (Å²) in [5.74, 6) is -6.62. The number of rotatable bonds is 6. The Kier molecular flexibility index (Phi) is 5.83. The summed E-state index contributed by atoms with van der Waals surface area (Å²) in [4.78, 5) is 21.8. The molecule has 1 atom stereocenters. The van der Waals surface area contributed by atoms with Crippen molar-refractivity contribution in [2.45, 2.75) is 6.04 Å². The second kappa shape index (κ2) is 7.15. The number of hydrogen-bond donors (Lipinski definition) is 3. The maximum atomic E-state index is 13.2. The normalized spacial score (nSPS) is 12.0. The number of hydrogen-bond acceptors (Lipinski definition) is 4. The van der Waals surface area contributed by atoms with E-state index in [1.165, 1.54) is 0 Å². The molecule has 1 aromatic carbocycles. The Labute approximate surface area is 116 Å². The highest BCUT2D eigenvalue weighted by Gasteiger charge is 2.16. The Bertz CT molecular complexity index is 528. The van der Waals surface area contributed by atoms with E-state index in [1.54, 1.807) is 0 Å². The molecule has 1 unspecified atom stereocenters. The van der Waals surface area contributed by atoms with Crippen LogP contribution in [-0.4, -0.2) is 34.5 Å². The number of halogens is 3. The first-order chi connectivity index (χ1) is 9.32. The Morgan fingerprint density at radius 3 is 2.55 bits per heavy atom. The first-order valence-corrected chi connectivity index (χ1v) is 6.48. The fraction of sp³-hybridized carbons (Fsp3) is 0.273. The van der Waals surface area contributed by atoms with Crippen molar-refractivity contribution in [1.29, 1.82) is 0 Å². The molecular weight excluding hydrogens is 297 g/mol. The van der Waals surface area contributed by atoms with Crippen molar-refractivity contribution in [2.24, 2.45) is 5.73 Å². The Balaban J connectivity index is 2.51. The summed E-state index contributed by atoms with van der Waals surface area (Å²) in [6.45, 7) is 0. The van der Waals surface area contributed by atoms with Crippen LogP contribution in [0.1, 0.15) is 0 Å². The molecule has 0 spiro atoms.